The van der Waals surface area contributed by atoms with Crippen molar-refractivity contribution in [1.82, 2.24) is 0 Å². The molecule has 2 heteroatoms. The molecule has 23 heavy (non-hydrogen) atoms. The van der Waals surface area contributed by atoms with E-state index in [4.69, 9.17) is 0 Å². The van der Waals surface area contributed by atoms with Crippen molar-refractivity contribution in [3.63, 3.8) is 0 Å². The molecule has 0 aliphatic heterocycles. The van der Waals surface area contributed by atoms with Crippen LogP contribution in [0.5, 0.6) is 0 Å². The van der Waals surface area contributed by atoms with Crippen LogP contribution in [-0.4, -0.2) is 18.3 Å². The van der Waals surface area contributed by atoms with Crippen molar-refractivity contribution in [2.45, 2.75) is 18.5 Å². The number of hydrogen-bond acceptors (Lipinski definition) is 0. The topological polar surface area (TPSA) is 0 Å². The van der Waals surface area contributed by atoms with Gasteiger partial charge in [-0.15, -0.1) is 0 Å². The van der Waals surface area contributed by atoms with Gasteiger partial charge in [-0.05, 0) is 5.16 Å². The van der Waals surface area contributed by atoms with Gasteiger partial charge in [0.2, 0.25) is 0 Å². The molecule has 3 aromatic rings. The Kier molecular flexibility index (Phi) is 5.62. The van der Waals surface area contributed by atoms with E-state index in [1.807, 2.05) is 0 Å². The molecular weight excluding hydrogens is 308 g/mol. The Balaban J connectivity index is 1.96. The lowest BCUT2D eigenvalue weighted by Crippen LogP contribution is -2.49. The SMILES string of the molecule is CC[C@H]([SiH2]c1ccccc1)[SiH](c1ccccc1)c1ccccc1. The third-order valence-electron chi connectivity index (χ3n) is 4.65. The smallest absolute Gasteiger partial charge is 0.0669 e. The lowest BCUT2D eigenvalue weighted by molar-refractivity contribution is 1.00. The number of hydrogen-bond donors (Lipinski definition) is 0. The van der Waals surface area contributed by atoms with Crippen molar-refractivity contribution in [3.8, 4) is 0 Å². The van der Waals surface area contributed by atoms with E-state index in [9.17, 15) is 0 Å². The fourth-order valence-electron chi connectivity index (χ4n) is 3.47. The third-order valence-corrected chi connectivity index (χ3v) is 12.4. The second-order valence-corrected chi connectivity index (χ2v) is 12.6. The maximum atomic E-state index is 2.38. The summed E-state index contributed by atoms with van der Waals surface area (Å²) in [6.07, 6.45) is 1.29. The predicted molar refractivity (Wildman–Crippen MR) is 108 cm³/mol. The average molecular weight is 333 g/mol. The molecule has 3 rings (SSSR count). The van der Waals surface area contributed by atoms with E-state index in [0.29, 0.717) is 0 Å². The summed E-state index contributed by atoms with van der Waals surface area (Å²) < 4.78 is 0. The van der Waals surface area contributed by atoms with Crippen LogP contribution in [0.4, 0.5) is 0 Å². The fourth-order valence-corrected chi connectivity index (χ4v) is 11.5. The van der Waals surface area contributed by atoms with E-state index < -0.39 is 8.80 Å². The molecule has 0 bridgehead atoms. The summed E-state index contributed by atoms with van der Waals surface area (Å²) in [5, 5.41) is 5.66. The fraction of sp³-hybridized carbons (Fsp3) is 0.143. The van der Waals surface area contributed by atoms with E-state index in [-0.39, 0.29) is 9.52 Å². The van der Waals surface area contributed by atoms with Crippen molar-refractivity contribution in [2.75, 3.05) is 0 Å². The van der Waals surface area contributed by atoms with Crippen molar-refractivity contribution >= 4 is 33.9 Å². The van der Waals surface area contributed by atoms with Crippen LogP contribution in [0, 0.1) is 0 Å². The predicted octanol–water partition coefficient (Wildman–Crippen LogP) is 2.26. The zero-order chi connectivity index (χ0) is 15.9. The van der Waals surface area contributed by atoms with Crippen molar-refractivity contribution in [2.24, 2.45) is 0 Å². The molecule has 0 nitrogen and oxygen atoms in total. The zero-order valence-electron chi connectivity index (χ0n) is 13.7. The van der Waals surface area contributed by atoms with Gasteiger partial charge >= 0.3 is 0 Å². The first-order valence-electron chi connectivity index (χ1n) is 8.52. The Hall–Kier alpha value is -1.91. The van der Waals surface area contributed by atoms with Crippen LogP contribution in [0.15, 0.2) is 91.0 Å². The molecule has 0 N–H and O–H groups in total. The molecule has 0 saturated carbocycles. The lowest BCUT2D eigenvalue weighted by Gasteiger charge is -2.26. The molecule has 0 heterocycles. The van der Waals surface area contributed by atoms with E-state index in [0.717, 1.165) is 5.16 Å². The third kappa shape index (κ3) is 4.09. The standard InChI is InChI=1S/C21H24Si2/c1-2-21(22-18-12-6-3-7-13-18)23(19-14-8-4-9-15-19)20-16-10-5-11-17-20/h3-17,21,23H,2,22H2,1H3/t21-/m1/s1. The highest BCUT2D eigenvalue weighted by atomic mass is 28.3. The van der Waals surface area contributed by atoms with Crippen LogP contribution in [0.25, 0.3) is 0 Å². The van der Waals surface area contributed by atoms with Gasteiger partial charge in [-0.1, -0.05) is 120 Å². The van der Waals surface area contributed by atoms with Crippen LogP contribution in [0.3, 0.4) is 0 Å². The van der Waals surface area contributed by atoms with Gasteiger partial charge < -0.3 is 0 Å². The Morgan fingerprint density at radius 1 is 0.696 bits per heavy atom. The maximum absolute atomic E-state index is 2.38. The van der Waals surface area contributed by atoms with Gasteiger partial charge in [0.25, 0.3) is 0 Å². The minimum absolute atomic E-state index is 0.271. The quantitative estimate of drug-likeness (QED) is 0.608. The molecule has 0 amide bonds. The molecule has 1 atom stereocenters. The molecule has 0 saturated heterocycles. The molecule has 0 spiro atoms. The molecule has 0 unspecified atom stereocenters. The minimum atomic E-state index is -1.17. The van der Waals surface area contributed by atoms with E-state index in [1.54, 1.807) is 15.6 Å². The summed E-state index contributed by atoms with van der Waals surface area (Å²) in [5.41, 5.74) is 0. The summed E-state index contributed by atoms with van der Waals surface area (Å²) in [7, 11) is -1.44. The van der Waals surface area contributed by atoms with Crippen LogP contribution in [-0.2, 0) is 0 Å². The van der Waals surface area contributed by atoms with E-state index in [1.165, 1.54) is 6.42 Å². The van der Waals surface area contributed by atoms with E-state index >= 15 is 0 Å². The summed E-state index contributed by atoms with van der Waals surface area (Å²) in [6.45, 7) is 2.38. The number of benzene rings is 3. The summed E-state index contributed by atoms with van der Waals surface area (Å²) in [4.78, 5) is 0. The van der Waals surface area contributed by atoms with E-state index in [2.05, 4.69) is 97.9 Å². The molecule has 0 fully saturated rings. The highest BCUT2D eigenvalue weighted by Crippen LogP contribution is 2.14. The van der Waals surface area contributed by atoms with Gasteiger partial charge in [0.15, 0.2) is 0 Å². The summed E-state index contributed by atoms with van der Waals surface area (Å²) in [6, 6.07) is 33.7. The Morgan fingerprint density at radius 3 is 1.57 bits per heavy atom. The van der Waals surface area contributed by atoms with Gasteiger partial charge in [0.1, 0.15) is 8.80 Å². The molecule has 0 aliphatic rings. The second kappa shape index (κ2) is 8.09. The maximum Gasteiger partial charge on any atom is 0.103 e. The molecule has 0 aliphatic carbocycles. The minimum Gasteiger partial charge on any atom is -0.0669 e. The van der Waals surface area contributed by atoms with Gasteiger partial charge in [-0.2, -0.15) is 0 Å². The highest BCUT2D eigenvalue weighted by molar-refractivity contribution is 6.93. The monoisotopic (exact) mass is 332 g/mol. The van der Waals surface area contributed by atoms with Crippen LogP contribution in [0.1, 0.15) is 13.3 Å². The van der Waals surface area contributed by atoms with Gasteiger partial charge in [0, 0.05) is 0 Å². The molecule has 0 radical (unpaired) electrons. The Morgan fingerprint density at radius 2 is 1.13 bits per heavy atom. The van der Waals surface area contributed by atoms with Crippen LogP contribution in [0.2, 0.25) is 5.16 Å². The Bertz CT molecular complexity index is 656. The van der Waals surface area contributed by atoms with Gasteiger partial charge in [-0.25, -0.2) is 0 Å². The lowest BCUT2D eigenvalue weighted by atomic mass is 10.4. The zero-order valence-corrected chi connectivity index (χ0v) is 16.3. The molecule has 116 valence electrons. The first kappa shape index (κ1) is 16.0. The van der Waals surface area contributed by atoms with Crippen LogP contribution < -0.4 is 15.6 Å². The molecule has 3 aromatic carbocycles. The van der Waals surface area contributed by atoms with Crippen molar-refractivity contribution < 1.29 is 0 Å². The first-order valence-corrected chi connectivity index (χ1v) is 11.9. The largest absolute Gasteiger partial charge is 0.103 e. The van der Waals surface area contributed by atoms with Crippen molar-refractivity contribution in [1.29, 1.82) is 0 Å². The molecule has 0 aromatic heterocycles. The normalized spacial score (nSPS) is 12.8. The Labute approximate surface area is 143 Å². The second-order valence-electron chi connectivity index (χ2n) is 6.16. The summed E-state index contributed by atoms with van der Waals surface area (Å²) in [5.74, 6) is 0. The molecular formula is C21H24Si2. The average Bonchev–Trinajstić information content (AvgIpc) is 2.64. The van der Waals surface area contributed by atoms with Gasteiger partial charge in [0.05, 0.1) is 9.52 Å². The summed E-state index contributed by atoms with van der Waals surface area (Å²) >= 11 is 0. The highest BCUT2D eigenvalue weighted by Gasteiger charge is 2.25. The first-order chi connectivity index (χ1) is 11.4. The number of rotatable bonds is 6. The van der Waals surface area contributed by atoms with Gasteiger partial charge in [-0.3, -0.25) is 0 Å². The van der Waals surface area contributed by atoms with Crippen LogP contribution >= 0.6 is 0 Å². The van der Waals surface area contributed by atoms with Crippen molar-refractivity contribution in [3.05, 3.63) is 91.0 Å².